The molecule has 20 heavy (non-hydrogen) atoms. The summed E-state index contributed by atoms with van der Waals surface area (Å²) in [5, 5.41) is 0.348. The van der Waals surface area contributed by atoms with Crippen molar-refractivity contribution >= 4 is 11.6 Å². The molecular weight excluding hydrogens is 277 g/mol. The second kappa shape index (κ2) is 6.84. The van der Waals surface area contributed by atoms with Gasteiger partial charge in [-0.15, -0.1) is 0 Å². The Kier molecular flexibility index (Phi) is 5.12. The molecule has 0 saturated carbocycles. The van der Waals surface area contributed by atoms with Crippen LogP contribution in [0.5, 0.6) is 0 Å². The second-order valence-corrected chi connectivity index (χ2v) is 5.00. The quantitative estimate of drug-likeness (QED) is 0.912. The van der Waals surface area contributed by atoms with Gasteiger partial charge in [-0.25, -0.2) is 4.39 Å². The number of nitrogens with two attached hydrogens (primary N) is 1. The van der Waals surface area contributed by atoms with E-state index in [0.717, 1.165) is 17.5 Å². The predicted molar refractivity (Wildman–Crippen MR) is 79.5 cm³/mol. The van der Waals surface area contributed by atoms with E-state index < -0.39 is 6.04 Å². The molecule has 0 radical (unpaired) electrons. The van der Waals surface area contributed by atoms with Gasteiger partial charge in [-0.05, 0) is 29.7 Å². The number of ether oxygens (including phenoxy) is 1. The third-order valence-corrected chi connectivity index (χ3v) is 3.57. The molecule has 0 aliphatic carbocycles. The van der Waals surface area contributed by atoms with Gasteiger partial charge in [-0.3, -0.25) is 0 Å². The van der Waals surface area contributed by atoms with Crippen molar-refractivity contribution in [3.8, 4) is 0 Å². The maximum Gasteiger partial charge on any atom is 0.129 e. The SMILES string of the molecule is COCCc1ccc(C(N)c2c(F)cccc2Cl)cc1. The lowest BCUT2D eigenvalue weighted by Gasteiger charge is -2.15. The summed E-state index contributed by atoms with van der Waals surface area (Å²) >= 11 is 6.04. The lowest BCUT2D eigenvalue weighted by molar-refractivity contribution is 0.202. The smallest absolute Gasteiger partial charge is 0.129 e. The van der Waals surface area contributed by atoms with Crippen LogP contribution in [0.15, 0.2) is 42.5 Å². The molecule has 0 saturated heterocycles. The van der Waals surface area contributed by atoms with Crippen LogP contribution in [0.25, 0.3) is 0 Å². The molecule has 2 aromatic rings. The van der Waals surface area contributed by atoms with Crippen LogP contribution in [0.3, 0.4) is 0 Å². The number of hydrogen-bond donors (Lipinski definition) is 1. The normalized spacial score (nSPS) is 12.4. The summed E-state index contributed by atoms with van der Waals surface area (Å²) in [6.45, 7) is 0.671. The molecule has 0 aliphatic heterocycles. The Hall–Kier alpha value is -1.42. The molecule has 0 aliphatic rings. The molecule has 2 aromatic carbocycles. The zero-order valence-electron chi connectivity index (χ0n) is 11.3. The lowest BCUT2D eigenvalue weighted by Crippen LogP contribution is -2.14. The number of halogens is 2. The lowest BCUT2D eigenvalue weighted by atomic mass is 9.97. The van der Waals surface area contributed by atoms with Crippen molar-refractivity contribution in [1.82, 2.24) is 0 Å². The van der Waals surface area contributed by atoms with E-state index in [2.05, 4.69) is 0 Å². The fourth-order valence-electron chi connectivity index (χ4n) is 2.09. The minimum atomic E-state index is -0.569. The van der Waals surface area contributed by atoms with E-state index in [1.807, 2.05) is 24.3 Å². The van der Waals surface area contributed by atoms with Gasteiger partial charge in [-0.1, -0.05) is 41.9 Å². The van der Waals surface area contributed by atoms with Gasteiger partial charge in [0.1, 0.15) is 5.82 Å². The Labute approximate surface area is 123 Å². The van der Waals surface area contributed by atoms with Crippen molar-refractivity contribution in [3.05, 3.63) is 70.0 Å². The van der Waals surface area contributed by atoms with E-state index in [-0.39, 0.29) is 5.82 Å². The fraction of sp³-hybridized carbons (Fsp3) is 0.250. The van der Waals surface area contributed by atoms with Crippen molar-refractivity contribution in [1.29, 1.82) is 0 Å². The van der Waals surface area contributed by atoms with Crippen molar-refractivity contribution in [2.24, 2.45) is 5.73 Å². The van der Waals surface area contributed by atoms with Crippen LogP contribution < -0.4 is 5.73 Å². The molecule has 2 N–H and O–H groups in total. The van der Waals surface area contributed by atoms with Gasteiger partial charge in [0, 0.05) is 17.7 Å². The predicted octanol–water partition coefficient (Wildman–Crippen LogP) is 3.72. The van der Waals surface area contributed by atoms with Gasteiger partial charge in [-0.2, -0.15) is 0 Å². The van der Waals surface area contributed by atoms with Crippen molar-refractivity contribution in [3.63, 3.8) is 0 Å². The first-order chi connectivity index (χ1) is 9.63. The first-order valence-corrected chi connectivity index (χ1v) is 6.78. The Bertz CT molecular complexity index is 551. The Morgan fingerprint density at radius 1 is 1.20 bits per heavy atom. The largest absolute Gasteiger partial charge is 0.384 e. The molecular formula is C16H17ClFNO. The van der Waals surface area contributed by atoms with Gasteiger partial charge < -0.3 is 10.5 Å². The number of benzene rings is 2. The van der Waals surface area contributed by atoms with Crippen LogP contribution in [0.1, 0.15) is 22.7 Å². The molecule has 2 nitrogen and oxygen atoms in total. The standard InChI is InChI=1S/C16H17ClFNO/c1-20-10-9-11-5-7-12(8-6-11)16(19)15-13(17)3-2-4-14(15)18/h2-8,16H,9-10,19H2,1H3. The van der Waals surface area contributed by atoms with Crippen LogP contribution in [-0.2, 0) is 11.2 Å². The van der Waals surface area contributed by atoms with Crippen LogP contribution in [0, 0.1) is 5.82 Å². The average Bonchev–Trinajstić information content (AvgIpc) is 2.45. The van der Waals surface area contributed by atoms with E-state index >= 15 is 0 Å². The van der Waals surface area contributed by atoms with E-state index in [1.165, 1.54) is 6.07 Å². The molecule has 4 heteroatoms. The highest BCUT2D eigenvalue weighted by atomic mass is 35.5. The van der Waals surface area contributed by atoms with E-state index in [0.29, 0.717) is 17.2 Å². The monoisotopic (exact) mass is 293 g/mol. The summed E-state index contributed by atoms with van der Waals surface area (Å²) < 4.78 is 18.9. The van der Waals surface area contributed by atoms with E-state index in [9.17, 15) is 4.39 Å². The zero-order valence-corrected chi connectivity index (χ0v) is 12.0. The molecule has 1 atom stereocenters. The van der Waals surface area contributed by atoms with Crippen LogP contribution >= 0.6 is 11.6 Å². The molecule has 0 fully saturated rings. The van der Waals surface area contributed by atoms with E-state index in [4.69, 9.17) is 22.1 Å². The number of methoxy groups -OCH3 is 1. The van der Waals surface area contributed by atoms with Gasteiger partial charge in [0.2, 0.25) is 0 Å². The van der Waals surface area contributed by atoms with Crippen LogP contribution in [0.2, 0.25) is 5.02 Å². The highest BCUT2D eigenvalue weighted by molar-refractivity contribution is 6.31. The fourth-order valence-corrected chi connectivity index (χ4v) is 2.37. The number of rotatable bonds is 5. The Morgan fingerprint density at radius 3 is 2.50 bits per heavy atom. The molecule has 0 amide bonds. The molecule has 0 aromatic heterocycles. The van der Waals surface area contributed by atoms with Crippen LogP contribution in [-0.4, -0.2) is 13.7 Å². The number of hydrogen-bond acceptors (Lipinski definition) is 2. The summed E-state index contributed by atoms with van der Waals surface area (Å²) in [5.74, 6) is -0.381. The molecule has 106 valence electrons. The average molecular weight is 294 g/mol. The molecule has 0 heterocycles. The molecule has 0 spiro atoms. The maximum atomic E-state index is 13.9. The summed E-state index contributed by atoms with van der Waals surface area (Å²) in [4.78, 5) is 0. The van der Waals surface area contributed by atoms with Gasteiger partial charge in [0.05, 0.1) is 12.6 Å². The van der Waals surface area contributed by atoms with Gasteiger partial charge in [0.15, 0.2) is 0 Å². The third kappa shape index (κ3) is 3.37. The first-order valence-electron chi connectivity index (χ1n) is 6.40. The Morgan fingerprint density at radius 2 is 1.90 bits per heavy atom. The van der Waals surface area contributed by atoms with Gasteiger partial charge >= 0.3 is 0 Å². The topological polar surface area (TPSA) is 35.2 Å². The molecule has 2 rings (SSSR count). The van der Waals surface area contributed by atoms with Crippen molar-refractivity contribution in [2.75, 3.05) is 13.7 Å². The summed E-state index contributed by atoms with van der Waals surface area (Å²) in [5.41, 5.74) is 8.44. The maximum absolute atomic E-state index is 13.9. The molecule has 1 unspecified atom stereocenters. The Balaban J connectivity index is 2.23. The van der Waals surface area contributed by atoms with Gasteiger partial charge in [0.25, 0.3) is 0 Å². The highest BCUT2D eigenvalue weighted by Crippen LogP contribution is 2.29. The highest BCUT2D eigenvalue weighted by Gasteiger charge is 2.16. The van der Waals surface area contributed by atoms with E-state index in [1.54, 1.807) is 19.2 Å². The summed E-state index contributed by atoms with van der Waals surface area (Å²) in [6.07, 6.45) is 0.840. The van der Waals surface area contributed by atoms with Crippen molar-refractivity contribution < 1.29 is 9.13 Å². The molecule has 0 bridgehead atoms. The third-order valence-electron chi connectivity index (χ3n) is 3.24. The summed E-state index contributed by atoms with van der Waals surface area (Å²) in [7, 11) is 1.67. The van der Waals surface area contributed by atoms with Crippen molar-refractivity contribution in [2.45, 2.75) is 12.5 Å². The minimum absolute atomic E-state index is 0.332. The first kappa shape index (κ1) is 15.0. The minimum Gasteiger partial charge on any atom is -0.384 e. The summed E-state index contributed by atoms with van der Waals surface area (Å²) in [6, 6.07) is 11.8. The zero-order chi connectivity index (χ0) is 14.5. The second-order valence-electron chi connectivity index (χ2n) is 4.60. The van der Waals surface area contributed by atoms with Crippen LogP contribution in [0.4, 0.5) is 4.39 Å².